The highest BCUT2D eigenvalue weighted by molar-refractivity contribution is 9.10. The van der Waals surface area contributed by atoms with Crippen LogP contribution in [0.25, 0.3) is 0 Å². The van der Waals surface area contributed by atoms with E-state index in [2.05, 4.69) is 21.2 Å². The van der Waals surface area contributed by atoms with E-state index >= 15 is 0 Å². The van der Waals surface area contributed by atoms with Crippen LogP contribution in [0.2, 0.25) is 0 Å². The van der Waals surface area contributed by atoms with Gasteiger partial charge in [0.05, 0.1) is 4.47 Å². The van der Waals surface area contributed by atoms with E-state index in [1.807, 2.05) is 19.1 Å². The summed E-state index contributed by atoms with van der Waals surface area (Å²) in [7, 11) is 0. The number of rotatable bonds is 5. The number of aryl methyl sites for hydroxylation is 1. The van der Waals surface area contributed by atoms with Gasteiger partial charge in [-0.3, -0.25) is 0 Å². The van der Waals surface area contributed by atoms with Crippen molar-refractivity contribution in [1.82, 2.24) is 5.32 Å². The van der Waals surface area contributed by atoms with Gasteiger partial charge < -0.3 is 5.32 Å². The van der Waals surface area contributed by atoms with Crippen molar-refractivity contribution in [3.05, 3.63) is 69.2 Å². The Kier molecular flexibility index (Phi) is 5.26. The second-order valence-corrected chi connectivity index (χ2v) is 5.50. The Morgan fingerprint density at radius 2 is 1.90 bits per heavy atom. The molecule has 2 aromatic carbocycles. The molecule has 0 bridgehead atoms. The van der Waals surface area contributed by atoms with E-state index in [-0.39, 0.29) is 11.6 Å². The first-order valence-electron chi connectivity index (χ1n) is 6.46. The number of halogens is 3. The Hall–Kier alpha value is -1.26. The Morgan fingerprint density at radius 1 is 1.10 bits per heavy atom. The van der Waals surface area contributed by atoms with Gasteiger partial charge >= 0.3 is 0 Å². The highest BCUT2D eigenvalue weighted by Crippen LogP contribution is 2.20. The van der Waals surface area contributed by atoms with Crippen LogP contribution in [0.15, 0.2) is 40.9 Å². The first-order chi connectivity index (χ1) is 9.58. The summed E-state index contributed by atoms with van der Waals surface area (Å²) in [5.41, 5.74) is 2.97. The summed E-state index contributed by atoms with van der Waals surface area (Å²) >= 11 is 3.24. The molecule has 0 aliphatic rings. The van der Waals surface area contributed by atoms with Gasteiger partial charge in [0.1, 0.15) is 11.6 Å². The first kappa shape index (κ1) is 15.1. The zero-order valence-corrected chi connectivity index (χ0v) is 12.8. The van der Waals surface area contributed by atoms with E-state index < -0.39 is 0 Å². The van der Waals surface area contributed by atoms with Crippen molar-refractivity contribution < 1.29 is 8.78 Å². The number of nitrogens with one attached hydrogen (secondary N) is 1. The number of benzene rings is 2. The quantitative estimate of drug-likeness (QED) is 0.797. The minimum atomic E-state index is -0.251. The Balaban J connectivity index is 1.86. The summed E-state index contributed by atoms with van der Waals surface area (Å²) in [5, 5.41) is 3.27. The lowest BCUT2D eigenvalue weighted by molar-refractivity contribution is 0.611. The summed E-state index contributed by atoms with van der Waals surface area (Å²) in [5.74, 6) is -0.457. The van der Waals surface area contributed by atoms with E-state index in [9.17, 15) is 8.78 Å². The minimum Gasteiger partial charge on any atom is -0.312 e. The van der Waals surface area contributed by atoms with Crippen LogP contribution in [-0.4, -0.2) is 6.54 Å². The highest BCUT2D eigenvalue weighted by atomic mass is 79.9. The van der Waals surface area contributed by atoms with E-state index in [0.717, 1.165) is 29.7 Å². The van der Waals surface area contributed by atoms with Crippen molar-refractivity contribution in [3.8, 4) is 0 Å². The molecule has 0 aliphatic carbocycles. The van der Waals surface area contributed by atoms with Crippen molar-refractivity contribution in [3.63, 3.8) is 0 Å². The number of hydrogen-bond donors (Lipinski definition) is 1. The van der Waals surface area contributed by atoms with Crippen LogP contribution in [0.5, 0.6) is 0 Å². The summed E-state index contributed by atoms with van der Waals surface area (Å²) in [6.45, 7) is 3.26. The van der Waals surface area contributed by atoms with Crippen LogP contribution in [0, 0.1) is 18.6 Å². The lowest BCUT2D eigenvalue weighted by Gasteiger charge is -2.09. The predicted octanol–water partition coefficient (Wildman–Crippen LogP) is 4.37. The zero-order valence-electron chi connectivity index (χ0n) is 11.2. The molecule has 1 N–H and O–H groups in total. The maximum absolute atomic E-state index is 13.3. The van der Waals surface area contributed by atoms with Gasteiger partial charge in [-0.05, 0) is 70.7 Å². The van der Waals surface area contributed by atoms with Crippen molar-refractivity contribution in [2.75, 3.05) is 6.54 Å². The molecule has 0 amide bonds. The van der Waals surface area contributed by atoms with Gasteiger partial charge in [-0.15, -0.1) is 0 Å². The van der Waals surface area contributed by atoms with Crippen LogP contribution in [0.3, 0.4) is 0 Å². The van der Waals surface area contributed by atoms with E-state index in [1.54, 1.807) is 12.1 Å². The van der Waals surface area contributed by atoms with Crippen LogP contribution < -0.4 is 5.32 Å². The molecule has 0 saturated heterocycles. The maximum atomic E-state index is 13.3. The molecule has 0 aromatic heterocycles. The van der Waals surface area contributed by atoms with Gasteiger partial charge in [0.25, 0.3) is 0 Å². The number of hydrogen-bond acceptors (Lipinski definition) is 1. The van der Waals surface area contributed by atoms with E-state index in [1.165, 1.54) is 12.1 Å². The SMILES string of the molecule is Cc1cc(F)ccc1CCNCc1cccc(F)c1Br. The van der Waals surface area contributed by atoms with Crippen LogP contribution in [0.1, 0.15) is 16.7 Å². The molecule has 0 unspecified atom stereocenters. The van der Waals surface area contributed by atoms with Crippen molar-refractivity contribution >= 4 is 15.9 Å². The fraction of sp³-hybridized carbons (Fsp3) is 0.250. The second-order valence-electron chi connectivity index (χ2n) is 4.71. The van der Waals surface area contributed by atoms with Crippen LogP contribution in [0.4, 0.5) is 8.78 Å². The first-order valence-corrected chi connectivity index (χ1v) is 7.26. The molecule has 2 aromatic rings. The molecule has 0 aliphatic heterocycles. The zero-order chi connectivity index (χ0) is 14.5. The van der Waals surface area contributed by atoms with E-state index in [4.69, 9.17) is 0 Å². The Bertz CT molecular complexity index is 599. The third-order valence-corrected chi connectivity index (χ3v) is 4.11. The van der Waals surface area contributed by atoms with Gasteiger partial charge in [-0.1, -0.05) is 18.2 Å². The molecule has 0 saturated carbocycles. The average molecular weight is 340 g/mol. The van der Waals surface area contributed by atoms with Crippen LogP contribution >= 0.6 is 15.9 Å². The standard InChI is InChI=1S/C16H16BrF2N/c1-11-9-14(18)6-5-12(11)7-8-20-10-13-3-2-4-15(19)16(13)17/h2-6,9,20H,7-8,10H2,1H3. The average Bonchev–Trinajstić information content (AvgIpc) is 2.41. The Morgan fingerprint density at radius 3 is 2.65 bits per heavy atom. The highest BCUT2D eigenvalue weighted by Gasteiger charge is 2.05. The molecule has 2 rings (SSSR count). The molecule has 0 atom stereocenters. The molecule has 0 spiro atoms. The molecule has 0 fully saturated rings. The fourth-order valence-electron chi connectivity index (χ4n) is 2.07. The van der Waals surface area contributed by atoms with Crippen molar-refractivity contribution in [1.29, 1.82) is 0 Å². The summed E-state index contributed by atoms with van der Waals surface area (Å²) < 4.78 is 26.8. The Labute approximate surface area is 126 Å². The largest absolute Gasteiger partial charge is 0.312 e. The predicted molar refractivity (Wildman–Crippen MR) is 80.6 cm³/mol. The molecule has 4 heteroatoms. The van der Waals surface area contributed by atoms with Crippen molar-refractivity contribution in [2.24, 2.45) is 0 Å². The topological polar surface area (TPSA) is 12.0 Å². The molecule has 1 nitrogen and oxygen atoms in total. The smallest absolute Gasteiger partial charge is 0.137 e. The van der Waals surface area contributed by atoms with E-state index in [0.29, 0.717) is 11.0 Å². The normalized spacial score (nSPS) is 10.8. The summed E-state index contributed by atoms with van der Waals surface area (Å²) in [6.07, 6.45) is 0.819. The molecular formula is C16H16BrF2N. The summed E-state index contributed by atoms with van der Waals surface area (Å²) in [6, 6.07) is 9.83. The molecular weight excluding hydrogens is 324 g/mol. The van der Waals surface area contributed by atoms with Gasteiger partial charge in [-0.25, -0.2) is 8.78 Å². The molecule has 0 heterocycles. The lowest BCUT2D eigenvalue weighted by atomic mass is 10.1. The third-order valence-electron chi connectivity index (χ3n) is 3.22. The van der Waals surface area contributed by atoms with Gasteiger partial charge in [0.15, 0.2) is 0 Å². The third kappa shape index (κ3) is 3.87. The van der Waals surface area contributed by atoms with Gasteiger partial charge in [0.2, 0.25) is 0 Å². The monoisotopic (exact) mass is 339 g/mol. The van der Waals surface area contributed by atoms with Crippen LogP contribution in [-0.2, 0) is 13.0 Å². The second kappa shape index (κ2) is 6.95. The minimum absolute atomic E-state index is 0.206. The van der Waals surface area contributed by atoms with Gasteiger partial charge in [-0.2, -0.15) is 0 Å². The van der Waals surface area contributed by atoms with Gasteiger partial charge in [0, 0.05) is 6.54 Å². The lowest BCUT2D eigenvalue weighted by Crippen LogP contribution is -2.17. The summed E-state index contributed by atoms with van der Waals surface area (Å²) in [4.78, 5) is 0. The fourth-order valence-corrected chi connectivity index (χ4v) is 2.48. The molecule has 0 radical (unpaired) electrons. The van der Waals surface area contributed by atoms with Crippen molar-refractivity contribution in [2.45, 2.75) is 19.9 Å². The molecule has 106 valence electrons. The maximum Gasteiger partial charge on any atom is 0.137 e. The molecule has 20 heavy (non-hydrogen) atoms.